The molecule has 0 aromatic heterocycles. The van der Waals surface area contributed by atoms with Crippen molar-refractivity contribution in [2.75, 3.05) is 7.05 Å². The van der Waals surface area contributed by atoms with Gasteiger partial charge in [-0.3, -0.25) is 4.90 Å². The largest absolute Gasteiger partial charge is 0.507 e. The van der Waals surface area contributed by atoms with Crippen LogP contribution in [-0.2, 0) is 6.54 Å². The van der Waals surface area contributed by atoms with E-state index < -0.39 is 0 Å². The molecule has 1 aliphatic rings. The second-order valence-electron chi connectivity index (χ2n) is 5.61. The summed E-state index contributed by atoms with van der Waals surface area (Å²) in [5, 5.41) is 9.50. The molecule has 0 saturated heterocycles. The van der Waals surface area contributed by atoms with Crippen LogP contribution in [0.5, 0.6) is 5.75 Å². The van der Waals surface area contributed by atoms with E-state index >= 15 is 0 Å². The lowest BCUT2D eigenvalue weighted by Gasteiger charge is -2.33. The number of rotatable bonds is 3. The Morgan fingerprint density at radius 1 is 1.28 bits per heavy atom. The molecule has 2 nitrogen and oxygen atoms in total. The van der Waals surface area contributed by atoms with E-state index in [-0.39, 0.29) is 0 Å². The Kier molecular flexibility index (Phi) is 4.68. The van der Waals surface area contributed by atoms with Crippen LogP contribution in [0, 0.1) is 5.92 Å². The fourth-order valence-electron chi connectivity index (χ4n) is 2.75. The van der Waals surface area contributed by atoms with Crippen molar-refractivity contribution in [2.24, 2.45) is 5.92 Å². The van der Waals surface area contributed by atoms with Crippen LogP contribution in [0.4, 0.5) is 0 Å². The molecule has 1 fully saturated rings. The van der Waals surface area contributed by atoms with Crippen LogP contribution < -0.4 is 0 Å². The number of phenols is 1. The van der Waals surface area contributed by atoms with Crippen molar-refractivity contribution in [1.82, 2.24) is 4.90 Å². The van der Waals surface area contributed by atoms with Gasteiger partial charge in [0, 0.05) is 12.6 Å². The standard InChI is InChI=1S/C15H22BrNO/c1-11-3-6-13(7-4-11)17(2)10-12-5-8-15(18)14(16)9-12/h5,8-9,11,13,18H,3-4,6-7,10H2,1-2H3. The molecule has 0 bridgehead atoms. The van der Waals surface area contributed by atoms with Crippen molar-refractivity contribution in [1.29, 1.82) is 0 Å². The monoisotopic (exact) mass is 311 g/mol. The molecule has 100 valence electrons. The zero-order valence-electron chi connectivity index (χ0n) is 11.2. The number of nitrogens with zero attached hydrogens (tertiary/aromatic N) is 1. The highest BCUT2D eigenvalue weighted by Gasteiger charge is 2.21. The topological polar surface area (TPSA) is 23.5 Å². The van der Waals surface area contributed by atoms with Crippen LogP contribution in [0.15, 0.2) is 22.7 Å². The van der Waals surface area contributed by atoms with E-state index in [1.54, 1.807) is 6.07 Å². The molecule has 1 saturated carbocycles. The second-order valence-corrected chi connectivity index (χ2v) is 6.47. The molecule has 3 heteroatoms. The highest BCUT2D eigenvalue weighted by Crippen LogP contribution is 2.28. The van der Waals surface area contributed by atoms with Crippen LogP contribution in [0.2, 0.25) is 0 Å². The quantitative estimate of drug-likeness (QED) is 0.905. The van der Waals surface area contributed by atoms with Crippen LogP contribution in [0.25, 0.3) is 0 Å². The summed E-state index contributed by atoms with van der Waals surface area (Å²) in [6.07, 6.45) is 5.34. The SMILES string of the molecule is CC1CCC(N(C)Cc2ccc(O)c(Br)c2)CC1. The maximum Gasteiger partial charge on any atom is 0.129 e. The molecular formula is C15H22BrNO. The minimum absolute atomic E-state index is 0.313. The van der Waals surface area contributed by atoms with Gasteiger partial charge in [0.25, 0.3) is 0 Å². The van der Waals surface area contributed by atoms with Gasteiger partial charge in [-0.25, -0.2) is 0 Å². The number of benzene rings is 1. The highest BCUT2D eigenvalue weighted by atomic mass is 79.9. The molecular weight excluding hydrogens is 290 g/mol. The third-order valence-electron chi connectivity index (χ3n) is 4.05. The lowest BCUT2D eigenvalue weighted by atomic mass is 9.86. The van der Waals surface area contributed by atoms with Gasteiger partial charge in [0.1, 0.15) is 5.75 Å². The highest BCUT2D eigenvalue weighted by molar-refractivity contribution is 9.10. The summed E-state index contributed by atoms with van der Waals surface area (Å²) in [5.74, 6) is 1.21. The third kappa shape index (κ3) is 3.48. The molecule has 0 aliphatic heterocycles. The Morgan fingerprint density at radius 3 is 2.56 bits per heavy atom. The van der Waals surface area contributed by atoms with Crippen LogP contribution in [-0.4, -0.2) is 23.1 Å². The Labute approximate surface area is 118 Å². The lowest BCUT2D eigenvalue weighted by Crippen LogP contribution is -2.34. The van der Waals surface area contributed by atoms with Gasteiger partial charge >= 0.3 is 0 Å². The van der Waals surface area contributed by atoms with Crippen molar-refractivity contribution in [2.45, 2.75) is 45.2 Å². The Balaban J connectivity index is 1.94. The van der Waals surface area contributed by atoms with Crippen molar-refractivity contribution in [3.05, 3.63) is 28.2 Å². The minimum Gasteiger partial charge on any atom is -0.507 e. The number of phenolic OH excluding ortho intramolecular Hbond substituents is 1. The molecule has 0 radical (unpaired) electrons. The van der Waals surface area contributed by atoms with Crippen molar-refractivity contribution < 1.29 is 5.11 Å². The summed E-state index contributed by atoms with van der Waals surface area (Å²) in [6, 6.07) is 6.49. The average molecular weight is 312 g/mol. The molecule has 0 heterocycles. The third-order valence-corrected chi connectivity index (χ3v) is 4.69. The Bertz CT molecular complexity index is 399. The van der Waals surface area contributed by atoms with Crippen LogP contribution >= 0.6 is 15.9 Å². The first-order valence-electron chi connectivity index (χ1n) is 6.74. The normalized spacial score (nSPS) is 24.4. The van der Waals surface area contributed by atoms with Crippen molar-refractivity contribution in [3.63, 3.8) is 0 Å². The zero-order valence-corrected chi connectivity index (χ0v) is 12.8. The van der Waals surface area contributed by atoms with Gasteiger partial charge < -0.3 is 5.11 Å². The molecule has 2 rings (SSSR count). The van der Waals surface area contributed by atoms with E-state index in [1.807, 2.05) is 12.1 Å². The molecule has 1 aromatic rings. The summed E-state index contributed by atoms with van der Waals surface area (Å²) in [5.41, 5.74) is 1.25. The first kappa shape index (κ1) is 13.9. The van der Waals surface area contributed by atoms with E-state index in [0.717, 1.165) is 16.9 Å². The van der Waals surface area contributed by atoms with Crippen molar-refractivity contribution in [3.8, 4) is 5.75 Å². The van der Waals surface area contributed by atoms with Gasteiger partial charge in [0.2, 0.25) is 0 Å². The molecule has 18 heavy (non-hydrogen) atoms. The van der Waals surface area contributed by atoms with Gasteiger partial charge in [0.05, 0.1) is 4.47 Å². The molecule has 1 aliphatic carbocycles. The Morgan fingerprint density at radius 2 is 1.94 bits per heavy atom. The lowest BCUT2D eigenvalue weighted by molar-refractivity contribution is 0.164. The number of aromatic hydroxyl groups is 1. The first-order chi connectivity index (χ1) is 8.56. The number of hydrogen-bond acceptors (Lipinski definition) is 2. The van der Waals surface area contributed by atoms with E-state index in [0.29, 0.717) is 11.8 Å². The molecule has 0 spiro atoms. The predicted molar refractivity (Wildman–Crippen MR) is 78.7 cm³/mol. The van der Waals surface area contributed by atoms with E-state index in [4.69, 9.17) is 0 Å². The van der Waals surface area contributed by atoms with Gasteiger partial charge in [0.15, 0.2) is 0 Å². The second kappa shape index (κ2) is 6.07. The van der Waals surface area contributed by atoms with Gasteiger partial charge in [-0.2, -0.15) is 0 Å². The molecule has 0 unspecified atom stereocenters. The molecule has 1 N–H and O–H groups in total. The van der Waals surface area contributed by atoms with Crippen LogP contribution in [0.3, 0.4) is 0 Å². The summed E-state index contributed by atoms with van der Waals surface area (Å²) in [6.45, 7) is 3.31. The Hall–Kier alpha value is -0.540. The van der Waals surface area contributed by atoms with Crippen molar-refractivity contribution >= 4 is 15.9 Å². The summed E-state index contributed by atoms with van der Waals surface area (Å²) in [4.78, 5) is 2.45. The summed E-state index contributed by atoms with van der Waals surface area (Å²) in [7, 11) is 2.21. The maximum absolute atomic E-state index is 9.50. The fourth-order valence-corrected chi connectivity index (χ4v) is 3.18. The molecule has 0 atom stereocenters. The minimum atomic E-state index is 0.313. The smallest absolute Gasteiger partial charge is 0.129 e. The summed E-state index contributed by atoms with van der Waals surface area (Å²) >= 11 is 3.37. The first-order valence-corrected chi connectivity index (χ1v) is 7.53. The molecule has 0 amide bonds. The van der Waals surface area contributed by atoms with E-state index in [9.17, 15) is 5.11 Å². The van der Waals surface area contributed by atoms with Crippen LogP contribution in [0.1, 0.15) is 38.2 Å². The maximum atomic E-state index is 9.50. The number of hydrogen-bond donors (Lipinski definition) is 1. The summed E-state index contributed by atoms with van der Waals surface area (Å²) < 4.78 is 0.783. The number of halogens is 1. The van der Waals surface area contributed by atoms with Gasteiger partial charge in [-0.15, -0.1) is 0 Å². The van der Waals surface area contributed by atoms with E-state index in [1.165, 1.54) is 31.2 Å². The predicted octanol–water partition coefficient (Wildman–Crippen LogP) is 4.17. The zero-order chi connectivity index (χ0) is 13.1. The van der Waals surface area contributed by atoms with Gasteiger partial charge in [-0.1, -0.05) is 13.0 Å². The van der Waals surface area contributed by atoms with E-state index in [2.05, 4.69) is 34.8 Å². The van der Waals surface area contributed by atoms with Gasteiger partial charge in [-0.05, 0) is 72.3 Å². The average Bonchev–Trinajstić information content (AvgIpc) is 2.34. The fraction of sp³-hybridized carbons (Fsp3) is 0.600. The molecule has 1 aromatic carbocycles.